The van der Waals surface area contributed by atoms with Crippen LogP contribution in [0.5, 0.6) is 0 Å². The minimum Gasteiger partial charge on any atom is -0.461 e. The zero-order valence-electron chi connectivity index (χ0n) is 13.5. The van der Waals surface area contributed by atoms with E-state index in [0.29, 0.717) is 17.2 Å². The SMILES string of the molecule is CCOC(=O)c1ccc(C#N)c(S[C@@H]2CCCc3ccccc32)n1. The fraction of sp³-hybridized carbons (Fsp3) is 0.316. The Morgan fingerprint density at radius 2 is 2.21 bits per heavy atom. The van der Waals surface area contributed by atoms with Crippen LogP contribution in [0.2, 0.25) is 0 Å². The van der Waals surface area contributed by atoms with E-state index in [9.17, 15) is 10.1 Å². The van der Waals surface area contributed by atoms with Crippen molar-refractivity contribution in [2.45, 2.75) is 36.5 Å². The van der Waals surface area contributed by atoms with E-state index < -0.39 is 5.97 Å². The van der Waals surface area contributed by atoms with Crippen molar-refractivity contribution in [2.75, 3.05) is 6.61 Å². The van der Waals surface area contributed by atoms with Gasteiger partial charge in [-0.05, 0) is 49.4 Å². The van der Waals surface area contributed by atoms with Gasteiger partial charge in [-0.2, -0.15) is 5.26 Å². The highest BCUT2D eigenvalue weighted by atomic mass is 32.2. The Kier molecular flexibility index (Phi) is 5.17. The molecular formula is C19H18N2O2S. The van der Waals surface area contributed by atoms with E-state index in [1.54, 1.807) is 30.8 Å². The number of ether oxygens (including phenoxy) is 1. The van der Waals surface area contributed by atoms with Crippen molar-refractivity contribution >= 4 is 17.7 Å². The summed E-state index contributed by atoms with van der Waals surface area (Å²) >= 11 is 1.57. The number of carbonyl (C=O) groups is 1. The molecule has 5 heteroatoms. The zero-order chi connectivity index (χ0) is 16.9. The normalized spacial score (nSPS) is 16.1. The highest BCUT2D eigenvalue weighted by Gasteiger charge is 2.23. The van der Waals surface area contributed by atoms with Gasteiger partial charge in [0.2, 0.25) is 0 Å². The van der Waals surface area contributed by atoms with Crippen molar-refractivity contribution in [2.24, 2.45) is 0 Å². The second kappa shape index (κ2) is 7.50. The van der Waals surface area contributed by atoms with Gasteiger partial charge in [0.15, 0.2) is 0 Å². The maximum Gasteiger partial charge on any atom is 0.356 e. The van der Waals surface area contributed by atoms with E-state index in [-0.39, 0.29) is 10.9 Å². The van der Waals surface area contributed by atoms with Gasteiger partial charge in [-0.3, -0.25) is 0 Å². The second-order valence-electron chi connectivity index (χ2n) is 5.58. The minimum absolute atomic E-state index is 0.252. The quantitative estimate of drug-likeness (QED) is 0.778. The first-order valence-corrected chi connectivity index (χ1v) is 8.93. The molecule has 4 nitrogen and oxygen atoms in total. The van der Waals surface area contributed by atoms with E-state index in [1.165, 1.54) is 11.1 Å². The summed E-state index contributed by atoms with van der Waals surface area (Å²) in [6, 6.07) is 13.8. The van der Waals surface area contributed by atoms with Gasteiger partial charge >= 0.3 is 5.97 Å². The summed E-state index contributed by atoms with van der Waals surface area (Å²) in [5, 5.41) is 10.2. The van der Waals surface area contributed by atoms with Gasteiger partial charge in [0, 0.05) is 5.25 Å². The first kappa shape index (κ1) is 16.5. The number of aryl methyl sites for hydroxylation is 1. The van der Waals surface area contributed by atoms with Crippen molar-refractivity contribution in [3.8, 4) is 6.07 Å². The Morgan fingerprint density at radius 3 is 3.00 bits per heavy atom. The molecule has 24 heavy (non-hydrogen) atoms. The first-order chi connectivity index (χ1) is 11.7. The van der Waals surface area contributed by atoms with Crippen LogP contribution in [-0.4, -0.2) is 17.6 Å². The number of hydrogen-bond acceptors (Lipinski definition) is 5. The molecule has 0 bridgehead atoms. The van der Waals surface area contributed by atoms with Gasteiger partial charge in [0.25, 0.3) is 0 Å². The Balaban J connectivity index is 1.91. The molecule has 1 atom stereocenters. The van der Waals surface area contributed by atoms with Crippen LogP contribution < -0.4 is 0 Å². The smallest absolute Gasteiger partial charge is 0.356 e. The number of benzene rings is 1. The van der Waals surface area contributed by atoms with E-state index >= 15 is 0 Å². The van der Waals surface area contributed by atoms with Crippen LogP contribution in [0, 0.1) is 11.3 Å². The fourth-order valence-corrected chi connectivity index (χ4v) is 4.20. The maximum atomic E-state index is 11.9. The molecule has 0 amide bonds. The van der Waals surface area contributed by atoms with Gasteiger partial charge in [-0.1, -0.05) is 36.0 Å². The molecule has 2 aromatic rings. The lowest BCUT2D eigenvalue weighted by atomic mass is 9.91. The molecule has 0 fully saturated rings. The molecule has 0 unspecified atom stereocenters. The Hall–Kier alpha value is -2.32. The number of nitriles is 1. The third kappa shape index (κ3) is 3.44. The van der Waals surface area contributed by atoms with Crippen molar-refractivity contribution in [3.63, 3.8) is 0 Å². The summed E-state index contributed by atoms with van der Waals surface area (Å²) in [6.07, 6.45) is 3.25. The molecular weight excluding hydrogens is 320 g/mol. The van der Waals surface area contributed by atoms with Gasteiger partial charge in [0.05, 0.1) is 12.2 Å². The average Bonchev–Trinajstić information content (AvgIpc) is 2.62. The van der Waals surface area contributed by atoms with Crippen molar-refractivity contribution in [3.05, 3.63) is 58.8 Å². The lowest BCUT2D eigenvalue weighted by Crippen LogP contribution is -2.10. The fourth-order valence-electron chi connectivity index (χ4n) is 2.90. The van der Waals surface area contributed by atoms with Gasteiger partial charge < -0.3 is 4.74 Å². The number of aromatic nitrogens is 1. The Bertz CT molecular complexity index is 798. The predicted molar refractivity (Wildman–Crippen MR) is 92.9 cm³/mol. The molecule has 1 heterocycles. The Labute approximate surface area is 145 Å². The average molecular weight is 338 g/mol. The highest BCUT2D eigenvalue weighted by Crippen LogP contribution is 2.43. The number of esters is 1. The number of pyridine rings is 1. The maximum absolute atomic E-state index is 11.9. The van der Waals surface area contributed by atoms with E-state index in [1.807, 2.05) is 6.07 Å². The third-order valence-electron chi connectivity index (χ3n) is 4.03. The molecule has 0 saturated heterocycles. The van der Waals surface area contributed by atoms with Crippen LogP contribution >= 0.6 is 11.8 Å². The predicted octanol–water partition coefficient (Wildman–Crippen LogP) is 4.30. The molecule has 0 N–H and O–H groups in total. The Morgan fingerprint density at radius 1 is 1.38 bits per heavy atom. The summed E-state index contributed by atoms with van der Waals surface area (Å²) in [5.74, 6) is -0.451. The van der Waals surface area contributed by atoms with Gasteiger partial charge in [-0.25, -0.2) is 9.78 Å². The van der Waals surface area contributed by atoms with Crippen LogP contribution in [0.15, 0.2) is 41.4 Å². The summed E-state index contributed by atoms with van der Waals surface area (Å²) in [5.41, 5.74) is 3.42. The molecule has 1 aliphatic carbocycles. The number of rotatable bonds is 4. The summed E-state index contributed by atoms with van der Waals surface area (Å²) in [4.78, 5) is 16.3. The van der Waals surface area contributed by atoms with E-state index in [2.05, 4.69) is 29.3 Å². The van der Waals surface area contributed by atoms with E-state index in [4.69, 9.17) is 4.74 Å². The highest BCUT2D eigenvalue weighted by molar-refractivity contribution is 7.99. The van der Waals surface area contributed by atoms with Crippen molar-refractivity contribution in [1.82, 2.24) is 4.98 Å². The minimum atomic E-state index is -0.451. The number of fused-ring (bicyclic) bond motifs is 1. The van der Waals surface area contributed by atoms with Crippen LogP contribution in [-0.2, 0) is 11.2 Å². The van der Waals surface area contributed by atoms with Crippen LogP contribution in [0.1, 0.15) is 52.2 Å². The van der Waals surface area contributed by atoms with Crippen molar-refractivity contribution in [1.29, 1.82) is 5.26 Å². The van der Waals surface area contributed by atoms with Crippen LogP contribution in [0.4, 0.5) is 0 Å². The van der Waals surface area contributed by atoms with Gasteiger partial charge in [-0.15, -0.1) is 0 Å². The van der Waals surface area contributed by atoms with Crippen LogP contribution in [0.25, 0.3) is 0 Å². The number of thioether (sulfide) groups is 1. The molecule has 1 aliphatic rings. The molecule has 0 radical (unpaired) electrons. The topological polar surface area (TPSA) is 63.0 Å². The number of hydrogen-bond donors (Lipinski definition) is 0. The molecule has 0 spiro atoms. The summed E-state index contributed by atoms with van der Waals surface area (Å²) in [7, 11) is 0. The molecule has 0 aliphatic heterocycles. The largest absolute Gasteiger partial charge is 0.461 e. The lowest BCUT2D eigenvalue weighted by molar-refractivity contribution is 0.0518. The molecule has 1 aromatic heterocycles. The van der Waals surface area contributed by atoms with Crippen molar-refractivity contribution < 1.29 is 9.53 Å². The second-order valence-corrected chi connectivity index (χ2v) is 6.77. The lowest BCUT2D eigenvalue weighted by Gasteiger charge is -2.24. The standard InChI is InChI=1S/C19H18N2O2S/c1-2-23-19(22)16-11-10-14(12-20)18(21-16)24-17-9-5-7-13-6-3-4-8-15(13)17/h3-4,6,8,10-11,17H,2,5,7,9H2,1H3/t17-/m1/s1. The number of nitrogens with zero attached hydrogens (tertiary/aromatic N) is 2. The first-order valence-electron chi connectivity index (χ1n) is 8.05. The number of carbonyl (C=O) groups excluding carboxylic acids is 1. The molecule has 3 rings (SSSR count). The summed E-state index contributed by atoms with van der Waals surface area (Å²) in [6.45, 7) is 2.06. The molecule has 122 valence electrons. The zero-order valence-corrected chi connectivity index (χ0v) is 14.3. The third-order valence-corrected chi connectivity index (χ3v) is 5.34. The monoisotopic (exact) mass is 338 g/mol. The van der Waals surface area contributed by atoms with Gasteiger partial charge in [0.1, 0.15) is 16.8 Å². The van der Waals surface area contributed by atoms with E-state index in [0.717, 1.165) is 19.3 Å². The molecule has 0 saturated carbocycles. The summed E-state index contributed by atoms with van der Waals surface area (Å²) < 4.78 is 5.01. The molecule has 1 aromatic carbocycles. The van der Waals surface area contributed by atoms with Crippen LogP contribution in [0.3, 0.4) is 0 Å².